The van der Waals surface area contributed by atoms with Gasteiger partial charge in [0, 0.05) is 11.5 Å². The van der Waals surface area contributed by atoms with Crippen LogP contribution in [0.1, 0.15) is 81.8 Å². The molecule has 34 heavy (non-hydrogen) atoms. The van der Waals surface area contributed by atoms with Gasteiger partial charge in [0.1, 0.15) is 11.4 Å². The summed E-state index contributed by atoms with van der Waals surface area (Å²) in [4.78, 5) is 32.3. The molecule has 3 aliphatic rings. The number of carboxylic acids is 1. The van der Waals surface area contributed by atoms with Crippen LogP contribution in [0.5, 0.6) is 0 Å². The summed E-state index contributed by atoms with van der Waals surface area (Å²) >= 11 is 12.7. The van der Waals surface area contributed by atoms with Crippen LogP contribution in [0.4, 0.5) is 0 Å². The number of carbonyl (C=O) groups excluding carboxylic acids is 1. The Morgan fingerprint density at radius 1 is 1.18 bits per heavy atom. The molecular weight excluding hydrogens is 471 g/mol. The minimum Gasteiger partial charge on any atom is -0.478 e. The van der Waals surface area contributed by atoms with E-state index in [2.05, 4.69) is 20.8 Å². The SMILES string of the molecule is CC(c1ccc(C(=O)O)cc1)N1C(=O)C(C2=CC(Cl)C=C(Cl)C2)=NC12CCC(C(C)(C)C)CC2. The highest BCUT2D eigenvalue weighted by Gasteiger charge is 2.52. The first-order valence-electron chi connectivity index (χ1n) is 11.9. The first kappa shape index (κ1) is 25.0. The summed E-state index contributed by atoms with van der Waals surface area (Å²) in [5, 5.41) is 9.52. The van der Waals surface area contributed by atoms with Gasteiger partial charge in [0.25, 0.3) is 5.91 Å². The quantitative estimate of drug-likeness (QED) is 0.464. The van der Waals surface area contributed by atoms with Gasteiger partial charge in [-0.1, -0.05) is 50.6 Å². The van der Waals surface area contributed by atoms with E-state index in [1.807, 2.05) is 17.9 Å². The van der Waals surface area contributed by atoms with Crippen LogP contribution in [0.2, 0.25) is 0 Å². The summed E-state index contributed by atoms with van der Waals surface area (Å²) < 4.78 is 0. The maximum Gasteiger partial charge on any atom is 0.335 e. The highest BCUT2D eigenvalue weighted by molar-refractivity contribution is 6.47. The predicted octanol–water partition coefficient (Wildman–Crippen LogP) is 6.72. The van der Waals surface area contributed by atoms with E-state index in [9.17, 15) is 14.7 Å². The highest BCUT2D eigenvalue weighted by atomic mass is 35.5. The smallest absolute Gasteiger partial charge is 0.335 e. The van der Waals surface area contributed by atoms with Gasteiger partial charge in [0.2, 0.25) is 0 Å². The van der Waals surface area contributed by atoms with Gasteiger partial charge in [-0.05, 0) is 73.3 Å². The maximum atomic E-state index is 13.9. The fourth-order valence-corrected chi connectivity index (χ4v) is 6.23. The Hall–Kier alpha value is -2.11. The van der Waals surface area contributed by atoms with Crippen LogP contribution in [0.15, 0.2) is 52.0 Å². The van der Waals surface area contributed by atoms with Crippen LogP contribution >= 0.6 is 23.2 Å². The predicted molar refractivity (Wildman–Crippen MR) is 137 cm³/mol. The van der Waals surface area contributed by atoms with Gasteiger partial charge in [0.05, 0.1) is 17.0 Å². The normalized spacial score (nSPS) is 28.5. The number of allylic oxidation sites excluding steroid dienone is 3. The molecule has 182 valence electrons. The van der Waals surface area contributed by atoms with Crippen LogP contribution < -0.4 is 0 Å². The van der Waals surface area contributed by atoms with Crippen LogP contribution in [-0.2, 0) is 4.79 Å². The zero-order valence-electron chi connectivity index (χ0n) is 20.1. The maximum absolute atomic E-state index is 13.9. The molecule has 5 nitrogen and oxygen atoms in total. The summed E-state index contributed by atoms with van der Waals surface area (Å²) in [5.41, 5.74) is 1.94. The number of amides is 1. The standard InChI is InChI=1S/C27H32Cl2N2O3/c1-16(17-5-7-18(8-6-17)25(33)34)31-24(32)23(19-13-21(28)15-22(29)14-19)30-27(31)11-9-20(10-12-27)26(2,3)4/h5-8,13,15-16,20-21H,9-12,14H2,1-4H3,(H,33,34). The Labute approximate surface area is 211 Å². The average Bonchev–Trinajstić information content (AvgIpc) is 3.04. The molecule has 2 aliphatic carbocycles. The van der Waals surface area contributed by atoms with Gasteiger partial charge < -0.3 is 10.0 Å². The molecule has 2 unspecified atom stereocenters. The molecule has 1 aromatic rings. The number of hydrogen-bond donors (Lipinski definition) is 1. The first-order valence-corrected chi connectivity index (χ1v) is 12.7. The van der Waals surface area contributed by atoms with Gasteiger partial charge in [-0.15, -0.1) is 11.6 Å². The van der Waals surface area contributed by atoms with E-state index in [0.29, 0.717) is 23.1 Å². The van der Waals surface area contributed by atoms with E-state index in [-0.39, 0.29) is 28.3 Å². The molecule has 1 fully saturated rings. The molecule has 0 radical (unpaired) electrons. The van der Waals surface area contributed by atoms with Crippen molar-refractivity contribution in [3.63, 3.8) is 0 Å². The van der Waals surface area contributed by atoms with Crippen molar-refractivity contribution in [3.8, 4) is 0 Å². The van der Waals surface area contributed by atoms with Gasteiger partial charge in [-0.3, -0.25) is 9.79 Å². The Balaban J connectivity index is 1.70. The molecule has 1 aromatic carbocycles. The second-order valence-corrected chi connectivity index (χ2v) is 11.8. The average molecular weight is 503 g/mol. The largest absolute Gasteiger partial charge is 0.478 e. The van der Waals surface area contributed by atoms with Crippen molar-refractivity contribution in [2.45, 2.75) is 76.9 Å². The van der Waals surface area contributed by atoms with Crippen LogP contribution in [0, 0.1) is 11.3 Å². The van der Waals surface area contributed by atoms with Crippen LogP contribution in [0.25, 0.3) is 0 Å². The Morgan fingerprint density at radius 2 is 1.79 bits per heavy atom. The van der Waals surface area contributed by atoms with E-state index < -0.39 is 11.6 Å². The number of alkyl halides is 1. The molecule has 1 N–H and O–H groups in total. The van der Waals surface area contributed by atoms with E-state index in [1.54, 1.807) is 30.3 Å². The fourth-order valence-electron chi connectivity index (χ4n) is 5.59. The lowest BCUT2D eigenvalue weighted by Gasteiger charge is -2.46. The molecule has 1 amide bonds. The lowest BCUT2D eigenvalue weighted by atomic mass is 9.69. The van der Waals surface area contributed by atoms with Gasteiger partial charge >= 0.3 is 5.97 Å². The van der Waals surface area contributed by atoms with Crippen LogP contribution in [-0.4, -0.2) is 38.6 Å². The number of rotatable bonds is 4. The van der Waals surface area contributed by atoms with Crippen molar-refractivity contribution in [1.29, 1.82) is 0 Å². The van der Waals surface area contributed by atoms with Crippen molar-refractivity contribution < 1.29 is 14.7 Å². The third-order valence-electron chi connectivity index (χ3n) is 7.59. The molecule has 1 saturated carbocycles. The van der Waals surface area contributed by atoms with Crippen molar-refractivity contribution in [2.75, 3.05) is 0 Å². The molecule has 1 spiro atoms. The molecule has 0 aromatic heterocycles. The molecule has 4 rings (SSSR count). The Bertz CT molecular complexity index is 1070. The van der Waals surface area contributed by atoms with Gasteiger partial charge in [0.15, 0.2) is 0 Å². The molecule has 2 atom stereocenters. The molecule has 0 saturated heterocycles. The lowest BCUT2D eigenvalue weighted by molar-refractivity contribution is -0.132. The molecule has 1 aliphatic heterocycles. The second-order valence-electron chi connectivity index (χ2n) is 10.8. The summed E-state index contributed by atoms with van der Waals surface area (Å²) in [5.74, 6) is -0.507. The zero-order valence-corrected chi connectivity index (χ0v) is 21.7. The summed E-state index contributed by atoms with van der Waals surface area (Å²) in [6, 6.07) is 6.51. The minimum atomic E-state index is -0.969. The van der Waals surface area contributed by atoms with Crippen molar-refractivity contribution in [1.82, 2.24) is 4.90 Å². The first-order chi connectivity index (χ1) is 15.9. The second kappa shape index (κ2) is 9.16. The zero-order chi connectivity index (χ0) is 24.8. The third kappa shape index (κ3) is 4.70. The van der Waals surface area contributed by atoms with E-state index in [4.69, 9.17) is 28.2 Å². The number of aliphatic imine (C=N–C) groups is 1. The number of nitrogens with zero attached hydrogens (tertiary/aromatic N) is 2. The number of halogens is 2. The number of carbonyl (C=O) groups is 2. The van der Waals surface area contributed by atoms with Crippen molar-refractivity contribution in [2.24, 2.45) is 16.3 Å². The summed E-state index contributed by atoms with van der Waals surface area (Å²) in [6.45, 7) is 8.82. The van der Waals surface area contributed by atoms with Gasteiger partial charge in [-0.2, -0.15) is 0 Å². The number of benzene rings is 1. The fraction of sp³-hybridized carbons (Fsp3) is 0.519. The Kier molecular flexibility index (Phi) is 6.73. The monoisotopic (exact) mass is 502 g/mol. The minimum absolute atomic E-state index is 0.106. The number of aromatic carboxylic acids is 1. The third-order valence-corrected chi connectivity index (χ3v) is 8.10. The van der Waals surface area contributed by atoms with Crippen molar-refractivity contribution in [3.05, 3.63) is 58.1 Å². The summed E-state index contributed by atoms with van der Waals surface area (Å²) in [6.07, 6.45) is 7.67. The Morgan fingerprint density at radius 3 is 2.32 bits per heavy atom. The molecule has 7 heteroatoms. The topological polar surface area (TPSA) is 70.0 Å². The van der Waals surface area contributed by atoms with Crippen LogP contribution in [0.3, 0.4) is 0 Å². The molecular formula is C27H32Cl2N2O3. The molecule has 0 bridgehead atoms. The van der Waals surface area contributed by atoms with Gasteiger partial charge in [-0.25, -0.2) is 4.79 Å². The van der Waals surface area contributed by atoms with E-state index in [1.165, 1.54) is 0 Å². The highest BCUT2D eigenvalue weighted by Crippen LogP contribution is 2.49. The number of hydrogen-bond acceptors (Lipinski definition) is 3. The molecule has 1 heterocycles. The van der Waals surface area contributed by atoms with E-state index >= 15 is 0 Å². The van der Waals surface area contributed by atoms with Crippen molar-refractivity contribution >= 4 is 40.8 Å². The summed E-state index contributed by atoms with van der Waals surface area (Å²) in [7, 11) is 0. The van der Waals surface area contributed by atoms with E-state index in [0.717, 1.165) is 36.8 Å². The number of carboxylic acid groups (broad SMARTS) is 1. The lowest BCUT2D eigenvalue weighted by Crippen LogP contribution is -2.51.